The summed E-state index contributed by atoms with van der Waals surface area (Å²) in [6.07, 6.45) is 1.15. The first-order valence-corrected chi connectivity index (χ1v) is 11.2. The highest BCUT2D eigenvalue weighted by Crippen LogP contribution is 2.24. The SMILES string of the molecule is C[C@@H](CS(C)(=O)=O)c1ccc(CN2CCOC(c3cccc(F)c3)C2)cc1. The number of morpholine rings is 1. The summed E-state index contributed by atoms with van der Waals surface area (Å²) in [4.78, 5) is 2.30. The molecule has 1 fully saturated rings. The minimum Gasteiger partial charge on any atom is -0.371 e. The van der Waals surface area contributed by atoms with Crippen LogP contribution in [0.5, 0.6) is 0 Å². The Labute approximate surface area is 160 Å². The van der Waals surface area contributed by atoms with Gasteiger partial charge in [-0.05, 0) is 34.7 Å². The Balaban J connectivity index is 1.61. The van der Waals surface area contributed by atoms with Gasteiger partial charge in [0, 0.05) is 25.9 Å². The van der Waals surface area contributed by atoms with Crippen molar-refractivity contribution in [3.05, 3.63) is 71.0 Å². The van der Waals surface area contributed by atoms with Crippen molar-refractivity contribution < 1.29 is 17.5 Å². The van der Waals surface area contributed by atoms with E-state index in [1.807, 2.05) is 25.1 Å². The lowest BCUT2D eigenvalue weighted by molar-refractivity contribution is -0.0330. The molecule has 2 aromatic rings. The van der Waals surface area contributed by atoms with Gasteiger partial charge in [0.05, 0.1) is 18.5 Å². The number of nitrogens with zero attached hydrogens (tertiary/aromatic N) is 1. The van der Waals surface area contributed by atoms with Crippen molar-refractivity contribution in [2.24, 2.45) is 0 Å². The van der Waals surface area contributed by atoms with Crippen LogP contribution in [0.3, 0.4) is 0 Å². The molecule has 1 saturated heterocycles. The molecular formula is C21H26FNO3S. The van der Waals surface area contributed by atoms with Gasteiger partial charge in [0.15, 0.2) is 0 Å². The molecule has 3 rings (SSSR count). The van der Waals surface area contributed by atoms with Crippen molar-refractivity contribution in [3.63, 3.8) is 0 Å². The molecule has 6 heteroatoms. The van der Waals surface area contributed by atoms with Gasteiger partial charge in [0.2, 0.25) is 0 Å². The topological polar surface area (TPSA) is 46.6 Å². The van der Waals surface area contributed by atoms with Crippen LogP contribution in [0.1, 0.15) is 35.6 Å². The van der Waals surface area contributed by atoms with Crippen molar-refractivity contribution in [3.8, 4) is 0 Å². The molecule has 1 heterocycles. The van der Waals surface area contributed by atoms with E-state index in [0.717, 1.165) is 30.8 Å². The fourth-order valence-electron chi connectivity index (χ4n) is 3.51. The van der Waals surface area contributed by atoms with Crippen molar-refractivity contribution >= 4 is 9.84 Å². The quantitative estimate of drug-likeness (QED) is 0.756. The molecule has 2 aromatic carbocycles. The second kappa shape index (κ2) is 8.50. The molecule has 1 unspecified atom stereocenters. The largest absolute Gasteiger partial charge is 0.371 e. The van der Waals surface area contributed by atoms with Crippen LogP contribution in [0.15, 0.2) is 48.5 Å². The Kier molecular flexibility index (Phi) is 6.29. The van der Waals surface area contributed by atoms with E-state index in [9.17, 15) is 12.8 Å². The molecule has 146 valence electrons. The van der Waals surface area contributed by atoms with Crippen LogP contribution in [-0.4, -0.2) is 45.0 Å². The highest BCUT2D eigenvalue weighted by atomic mass is 32.2. The summed E-state index contributed by atoms with van der Waals surface area (Å²) < 4.78 is 42.2. The van der Waals surface area contributed by atoms with Gasteiger partial charge in [0.1, 0.15) is 15.7 Å². The van der Waals surface area contributed by atoms with E-state index in [1.54, 1.807) is 6.07 Å². The zero-order valence-electron chi connectivity index (χ0n) is 15.8. The van der Waals surface area contributed by atoms with Crippen LogP contribution in [0.4, 0.5) is 4.39 Å². The first-order chi connectivity index (χ1) is 12.8. The predicted molar refractivity (Wildman–Crippen MR) is 105 cm³/mol. The number of halogens is 1. The maximum atomic E-state index is 13.5. The fraction of sp³-hybridized carbons (Fsp3) is 0.429. The molecule has 4 nitrogen and oxygen atoms in total. The van der Waals surface area contributed by atoms with Gasteiger partial charge < -0.3 is 4.74 Å². The van der Waals surface area contributed by atoms with E-state index in [-0.39, 0.29) is 23.6 Å². The van der Waals surface area contributed by atoms with Crippen molar-refractivity contribution in [2.45, 2.75) is 25.5 Å². The van der Waals surface area contributed by atoms with Crippen molar-refractivity contribution in [1.82, 2.24) is 4.90 Å². The summed E-state index contributed by atoms with van der Waals surface area (Å²) in [6, 6.07) is 14.7. The van der Waals surface area contributed by atoms with Crippen molar-refractivity contribution in [1.29, 1.82) is 0 Å². The third-order valence-electron chi connectivity index (χ3n) is 4.88. The minimum absolute atomic E-state index is 0.0187. The van der Waals surface area contributed by atoms with Gasteiger partial charge in [-0.15, -0.1) is 0 Å². The highest BCUT2D eigenvalue weighted by Gasteiger charge is 2.22. The van der Waals surface area contributed by atoms with Crippen molar-refractivity contribution in [2.75, 3.05) is 31.7 Å². The molecule has 1 aliphatic rings. The van der Waals surface area contributed by atoms with E-state index < -0.39 is 9.84 Å². The molecule has 0 aliphatic carbocycles. The average Bonchev–Trinajstić information content (AvgIpc) is 2.61. The molecule has 27 heavy (non-hydrogen) atoms. The average molecular weight is 392 g/mol. The normalized spacial score (nSPS) is 19.7. The summed E-state index contributed by atoms with van der Waals surface area (Å²) in [5.41, 5.74) is 3.07. The summed E-state index contributed by atoms with van der Waals surface area (Å²) in [6.45, 7) is 4.88. The minimum atomic E-state index is -2.99. The van der Waals surface area contributed by atoms with E-state index in [4.69, 9.17) is 4.74 Å². The lowest BCUT2D eigenvalue weighted by atomic mass is 10.0. The van der Waals surface area contributed by atoms with Gasteiger partial charge >= 0.3 is 0 Å². The summed E-state index contributed by atoms with van der Waals surface area (Å²) >= 11 is 0. The molecule has 0 N–H and O–H groups in total. The number of sulfone groups is 1. The van der Waals surface area contributed by atoms with Crippen LogP contribution in [0.25, 0.3) is 0 Å². The molecule has 0 radical (unpaired) electrons. The zero-order chi connectivity index (χ0) is 19.4. The highest BCUT2D eigenvalue weighted by molar-refractivity contribution is 7.90. The number of hydrogen-bond acceptors (Lipinski definition) is 4. The van der Waals surface area contributed by atoms with Crippen LogP contribution < -0.4 is 0 Å². The molecule has 0 bridgehead atoms. The van der Waals surface area contributed by atoms with E-state index >= 15 is 0 Å². The van der Waals surface area contributed by atoms with E-state index in [0.29, 0.717) is 6.61 Å². The molecular weight excluding hydrogens is 365 g/mol. The summed E-state index contributed by atoms with van der Waals surface area (Å²) in [5, 5.41) is 0. The Morgan fingerprint density at radius 3 is 2.63 bits per heavy atom. The van der Waals surface area contributed by atoms with Crippen LogP contribution in [-0.2, 0) is 21.1 Å². The number of hydrogen-bond donors (Lipinski definition) is 0. The predicted octanol–water partition coefficient (Wildman–Crippen LogP) is 3.55. The number of ether oxygens (including phenoxy) is 1. The lowest BCUT2D eigenvalue weighted by Crippen LogP contribution is -2.37. The third kappa shape index (κ3) is 5.86. The van der Waals surface area contributed by atoms with Crippen LogP contribution in [0, 0.1) is 5.82 Å². The number of benzene rings is 2. The smallest absolute Gasteiger partial charge is 0.148 e. The van der Waals surface area contributed by atoms with Gasteiger partial charge in [-0.25, -0.2) is 12.8 Å². The second-order valence-electron chi connectivity index (χ2n) is 7.38. The molecule has 0 aromatic heterocycles. The van der Waals surface area contributed by atoms with E-state index in [1.165, 1.54) is 24.0 Å². The monoisotopic (exact) mass is 391 g/mol. The molecule has 0 amide bonds. The Hall–Kier alpha value is -1.76. The first kappa shape index (κ1) is 20.0. The third-order valence-corrected chi connectivity index (χ3v) is 5.98. The maximum absolute atomic E-state index is 13.5. The zero-order valence-corrected chi connectivity index (χ0v) is 16.6. The van der Waals surface area contributed by atoms with Gasteiger partial charge in [0.25, 0.3) is 0 Å². The summed E-state index contributed by atoms with van der Waals surface area (Å²) in [7, 11) is -2.99. The second-order valence-corrected chi connectivity index (χ2v) is 9.57. The Morgan fingerprint density at radius 1 is 1.22 bits per heavy atom. The summed E-state index contributed by atoms with van der Waals surface area (Å²) in [5.74, 6) is -0.104. The van der Waals surface area contributed by atoms with Gasteiger partial charge in [-0.2, -0.15) is 0 Å². The van der Waals surface area contributed by atoms with E-state index in [2.05, 4.69) is 17.0 Å². The maximum Gasteiger partial charge on any atom is 0.148 e. The Morgan fingerprint density at radius 2 is 1.96 bits per heavy atom. The number of rotatable bonds is 6. The van der Waals surface area contributed by atoms with Crippen LogP contribution in [0.2, 0.25) is 0 Å². The van der Waals surface area contributed by atoms with Gasteiger partial charge in [-0.3, -0.25) is 4.90 Å². The standard InChI is InChI=1S/C21H26FNO3S/c1-16(15-27(2,24)25)18-8-6-17(7-9-18)13-23-10-11-26-21(14-23)19-4-3-5-20(22)12-19/h3-9,12,16,21H,10-11,13-15H2,1-2H3/t16-,21?/m0/s1. The first-order valence-electron chi connectivity index (χ1n) is 9.16. The molecule has 0 spiro atoms. The van der Waals surface area contributed by atoms with Gasteiger partial charge in [-0.1, -0.05) is 43.3 Å². The molecule has 0 saturated carbocycles. The van der Waals surface area contributed by atoms with Crippen LogP contribution >= 0.6 is 0 Å². The molecule has 1 aliphatic heterocycles. The molecule has 2 atom stereocenters. The lowest BCUT2D eigenvalue weighted by Gasteiger charge is -2.33. The fourth-order valence-corrected chi connectivity index (χ4v) is 4.62. The Bertz CT molecular complexity index is 867.